The van der Waals surface area contributed by atoms with Gasteiger partial charge < -0.3 is 10.5 Å². The monoisotopic (exact) mass is 302 g/mol. The number of hydrogen-bond donors (Lipinski definition) is 3. The van der Waals surface area contributed by atoms with Gasteiger partial charge in [-0.3, -0.25) is 10.4 Å². The van der Waals surface area contributed by atoms with Crippen molar-refractivity contribution < 1.29 is 9.53 Å². The molecule has 0 bridgehead atoms. The first-order valence-corrected chi connectivity index (χ1v) is 7.08. The molecule has 0 saturated heterocycles. The minimum absolute atomic E-state index is 0.479. The summed E-state index contributed by atoms with van der Waals surface area (Å²) >= 11 is 0. The highest BCUT2D eigenvalue weighted by Gasteiger charge is 2.18. The van der Waals surface area contributed by atoms with E-state index in [1.807, 2.05) is 46.8 Å². The Labute approximate surface area is 130 Å². The molecule has 0 unspecified atom stereocenters. The minimum Gasteiger partial charge on any atom is -0.444 e. The van der Waals surface area contributed by atoms with Gasteiger partial charge in [-0.1, -0.05) is 6.07 Å². The molecule has 0 spiro atoms. The second-order valence-corrected chi connectivity index (χ2v) is 6.29. The van der Waals surface area contributed by atoms with Crippen molar-refractivity contribution in [3.05, 3.63) is 29.5 Å². The third-order valence-corrected chi connectivity index (χ3v) is 3.28. The topological polar surface area (TPSA) is 93.0 Å². The van der Waals surface area contributed by atoms with Crippen LogP contribution in [-0.2, 0) is 4.74 Å². The summed E-state index contributed by atoms with van der Waals surface area (Å²) in [5, 5.41) is 9.43. The summed E-state index contributed by atoms with van der Waals surface area (Å²) in [6.45, 7) is 9.41. The highest BCUT2D eigenvalue weighted by molar-refractivity contribution is 5.88. The summed E-state index contributed by atoms with van der Waals surface area (Å²) < 4.78 is 5.30. The fourth-order valence-electron chi connectivity index (χ4n) is 2.08. The Hall–Kier alpha value is -2.50. The van der Waals surface area contributed by atoms with Gasteiger partial charge in [0.05, 0.1) is 6.20 Å². The number of hydrogen-bond acceptors (Lipinski definition) is 4. The fraction of sp³-hybridized carbons (Fsp3) is 0.375. The lowest BCUT2D eigenvalue weighted by molar-refractivity contribution is 0.0636. The van der Waals surface area contributed by atoms with E-state index in [4.69, 9.17) is 10.5 Å². The summed E-state index contributed by atoms with van der Waals surface area (Å²) in [5.74, 6) is 0.492. The van der Waals surface area contributed by atoms with Crippen molar-refractivity contribution >= 4 is 17.6 Å². The molecule has 0 fully saturated rings. The Morgan fingerprint density at radius 1 is 1.32 bits per heavy atom. The average molecular weight is 302 g/mol. The van der Waals surface area contributed by atoms with Crippen LogP contribution in [0.15, 0.2) is 18.3 Å². The number of nitrogens with zero attached hydrogens (tertiary/aromatic N) is 1. The van der Waals surface area contributed by atoms with Crippen LogP contribution in [0.5, 0.6) is 0 Å². The molecule has 0 atom stereocenters. The van der Waals surface area contributed by atoms with Crippen molar-refractivity contribution in [3.8, 4) is 11.1 Å². The second kappa shape index (κ2) is 5.71. The van der Waals surface area contributed by atoms with Crippen LogP contribution >= 0.6 is 0 Å². The van der Waals surface area contributed by atoms with E-state index in [9.17, 15) is 4.79 Å². The number of carbonyl (C=O) groups is 1. The number of ether oxygens (including phenoxy) is 1. The largest absolute Gasteiger partial charge is 0.444 e. The van der Waals surface area contributed by atoms with Crippen LogP contribution in [0.25, 0.3) is 11.1 Å². The summed E-state index contributed by atoms with van der Waals surface area (Å²) in [4.78, 5) is 12.0. The molecule has 1 aromatic heterocycles. The van der Waals surface area contributed by atoms with Crippen LogP contribution in [0, 0.1) is 13.8 Å². The molecule has 6 nitrogen and oxygen atoms in total. The maximum atomic E-state index is 12.0. The molecule has 118 valence electrons. The van der Waals surface area contributed by atoms with Crippen molar-refractivity contribution in [2.75, 3.05) is 11.1 Å². The van der Waals surface area contributed by atoms with E-state index < -0.39 is 11.7 Å². The van der Waals surface area contributed by atoms with Gasteiger partial charge in [0.15, 0.2) is 0 Å². The van der Waals surface area contributed by atoms with Crippen LogP contribution in [0.3, 0.4) is 0 Å². The second-order valence-electron chi connectivity index (χ2n) is 6.29. The number of aromatic nitrogens is 2. The fourth-order valence-corrected chi connectivity index (χ4v) is 2.08. The van der Waals surface area contributed by atoms with Gasteiger partial charge in [0, 0.05) is 11.3 Å². The van der Waals surface area contributed by atoms with Crippen LogP contribution in [0.1, 0.15) is 31.9 Å². The summed E-state index contributed by atoms with van der Waals surface area (Å²) in [7, 11) is 0. The van der Waals surface area contributed by atoms with Gasteiger partial charge in [0.1, 0.15) is 11.4 Å². The molecule has 1 aromatic carbocycles. The number of rotatable bonds is 2. The van der Waals surface area contributed by atoms with E-state index in [-0.39, 0.29) is 0 Å². The lowest BCUT2D eigenvalue weighted by atomic mass is 10.00. The Kier molecular flexibility index (Phi) is 4.12. The number of nitrogens with two attached hydrogens (primary N) is 1. The smallest absolute Gasteiger partial charge is 0.412 e. The van der Waals surface area contributed by atoms with Crippen molar-refractivity contribution in [1.82, 2.24) is 10.2 Å². The molecular formula is C16H22N4O2. The van der Waals surface area contributed by atoms with Gasteiger partial charge in [-0.05, 0) is 57.4 Å². The molecule has 4 N–H and O–H groups in total. The quantitative estimate of drug-likeness (QED) is 0.789. The lowest BCUT2D eigenvalue weighted by Crippen LogP contribution is -2.27. The Morgan fingerprint density at radius 2 is 2.00 bits per heavy atom. The number of benzene rings is 1. The Morgan fingerprint density at radius 3 is 2.55 bits per heavy atom. The molecule has 1 heterocycles. The van der Waals surface area contributed by atoms with Gasteiger partial charge >= 0.3 is 6.09 Å². The summed E-state index contributed by atoms with van der Waals surface area (Å²) in [6, 6.07) is 3.88. The van der Waals surface area contributed by atoms with E-state index in [0.717, 1.165) is 22.3 Å². The van der Waals surface area contributed by atoms with Gasteiger partial charge in [-0.15, -0.1) is 0 Å². The molecule has 22 heavy (non-hydrogen) atoms. The lowest BCUT2D eigenvalue weighted by Gasteiger charge is -2.21. The zero-order valence-electron chi connectivity index (χ0n) is 13.6. The highest BCUT2D eigenvalue weighted by atomic mass is 16.6. The van der Waals surface area contributed by atoms with Crippen LogP contribution in [0.2, 0.25) is 0 Å². The number of aromatic amines is 1. The first kappa shape index (κ1) is 15.9. The number of nitrogens with one attached hydrogen (secondary N) is 2. The molecule has 0 aliphatic carbocycles. The van der Waals surface area contributed by atoms with Gasteiger partial charge in [0.2, 0.25) is 0 Å². The van der Waals surface area contributed by atoms with Crippen molar-refractivity contribution in [3.63, 3.8) is 0 Å². The van der Waals surface area contributed by atoms with E-state index in [2.05, 4.69) is 15.5 Å². The number of anilines is 2. The van der Waals surface area contributed by atoms with Gasteiger partial charge in [-0.25, -0.2) is 4.79 Å². The zero-order chi connectivity index (χ0) is 16.5. The molecule has 0 aliphatic heterocycles. The molecule has 6 heteroatoms. The van der Waals surface area contributed by atoms with Crippen LogP contribution < -0.4 is 11.1 Å². The third-order valence-electron chi connectivity index (χ3n) is 3.28. The van der Waals surface area contributed by atoms with Crippen LogP contribution in [-0.4, -0.2) is 21.9 Å². The molecule has 1 amide bonds. The van der Waals surface area contributed by atoms with E-state index >= 15 is 0 Å². The predicted octanol–water partition coefficient (Wildman–Crippen LogP) is 3.62. The van der Waals surface area contributed by atoms with Crippen LogP contribution in [0.4, 0.5) is 16.3 Å². The number of carbonyl (C=O) groups excluding carboxylic acids is 1. The number of amides is 1. The van der Waals surface area contributed by atoms with E-state index in [0.29, 0.717) is 11.5 Å². The first-order chi connectivity index (χ1) is 10.2. The third kappa shape index (κ3) is 3.58. The molecule has 0 radical (unpaired) electrons. The maximum Gasteiger partial charge on any atom is 0.412 e. The molecule has 0 aliphatic rings. The molecular weight excluding hydrogens is 280 g/mol. The first-order valence-electron chi connectivity index (χ1n) is 7.08. The van der Waals surface area contributed by atoms with Gasteiger partial charge in [0.25, 0.3) is 0 Å². The van der Waals surface area contributed by atoms with Crippen molar-refractivity contribution in [2.45, 2.75) is 40.2 Å². The van der Waals surface area contributed by atoms with Crippen molar-refractivity contribution in [1.29, 1.82) is 0 Å². The Balaban J connectivity index is 2.34. The van der Waals surface area contributed by atoms with E-state index in [1.54, 1.807) is 6.20 Å². The maximum absolute atomic E-state index is 12.0. The standard InChI is InChI=1S/C16H22N4O2/c1-9-6-11(12-8-18-20-14(12)17)7-13(10(9)2)19-15(21)22-16(3,4)5/h6-8H,1-5H3,(H,19,21)(H3,17,18,20). The van der Waals surface area contributed by atoms with Gasteiger partial charge in [-0.2, -0.15) is 5.10 Å². The average Bonchev–Trinajstić information content (AvgIpc) is 2.78. The summed E-state index contributed by atoms with van der Waals surface area (Å²) in [6.07, 6.45) is 1.18. The van der Waals surface area contributed by atoms with E-state index in [1.165, 1.54) is 0 Å². The Bertz CT molecular complexity index is 699. The highest BCUT2D eigenvalue weighted by Crippen LogP contribution is 2.30. The minimum atomic E-state index is -0.542. The number of H-pyrrole nitrogens is 1. The van der Waals surface area contributed by atoms with Crippen molar-refractivity contribution in [2.24, 2.45) is 0 Å². The number of aryl methyl sites for hydroxylation is 1. The zero-order valence-corrected chi connectivity index (χ0v) is 13.6. The molecule has 0 saturated carbocycles. The molecule has 2 aromatic rings. The molecule has 2 rings (SSSR count). The summed E-state index contributed by atoms with van der Waals surface area (Å²) in [5.41, 5.74) is 9.74. The number of nitrogen functional groups attached to an aromatic ring is 1. The normalized spacial score (nSPS) is 11.3. The predicted molar refractivity (Wildman–Crippen MR) is 87.8 cm³/mol. The SMILES string of the molecule is Cc1cc(-c2cn[nH]c2N)cc(NC(=O)OC(C)(C)C)c1C.